The molecule has 0 spiro atoms. The molecule has 0 aliphatic heterocycles. The summed E-state index contributed by atoms with van der Waals surface area (Å²) in [6.45, 7) is 1.62. The van der Waals surface area contributed by atoms with Crippen LogP contribution in [0.4, 0.5) is 0 Å². The standard InChI is InChI=1S/C13H18N2O3/c1-9-8-14(2)13(18)15(11(9)16)12(17)10-6-4-3-5-7-10/h8,10H,3-7H2,1-2H3. The van der Waals surface area contributed by atoms with Crippen LogP contribution in [0.3, 0.4) is 0 Å². The molecule has 1 heterocycles. The number of nitrogens with zero attached hydrogens (tertiary/aromatic N) is 2. The van der Waals surface area contributed by atoms with E-state index in [1.807, 2.05) is 0 Å². The third-order valence-corrected chi connectivity index (χ3v) is 3.60. The lowest BCUT2D eigenvalue weighted by molar-refractivity contribution is 0.0788. The Morgan fingerprint density at radius 2 is 1.83 bits per heavy atom. The van der Waals surface area contributed by atoms with Gasteiger partial charge in [0.2, 0.25) is 5.91 Å². The third kappa shape index (κ3) is 2.17. The first kappa shape index (κ1) is 12.8. The Morgan fingerprint density at radius 3 is 2.44 bits per heavy atom. The number of hydrogen-bond acceptors (Lipinski definition) is 3. The van der Waals surface area contributed by atoms with Crippen molar-refractivity contribution in [3.8, 4) is 0 Å². The smallest absolute Gasteiger partial charge is 0.303 e. The molecule has 1 saturated carbocycles. The Morgan fingerprint density at radius 1 is 1.22 bits per heavy atom. The fraction of sp³-hybridized carbons (Fsp3) is 0.615. The molecule has 0 unspecified atom stereocenters. The Balaban J connectivity index is 2.47. The van der Waals surface area contributed by atoms with Crippen molar-refractivity contribution in [1.82, 2.24) is 9.13 Å². The minimum atomic E-state index is -0.541. The minimum absolute atomic E-state index is 0.175. The van der Waals surface area contributed by atoms with Gasteiger partial charge in [0.05, 0.1) is 0 Å². The first-order valence-corrected chi connectivity index (χ1v) is 6.36. The van der Waals surface area contributed by atoms with Crippen molar-refractivity contribution in [2.24, 2.45) is 13.0 Å². The van der Waals surface area contributed by atoms with Gasteiger partial charge in [-0.05, 0) is 19.8 Å². The highest BCUT2D eigenvalue weighted by Gasteiger charge is 2.25. The van der Waals surface area contributed by atoms with Crippen LogP contribution in [-0.2, 0) is 7.05 Å². The van der Waals surface area contributed by atoms with Crippen molar-refractivity contribution in [1.29, 1.82) is 0 Å². The summed E-state index contributed by atoms with van der Waals surface area (Å²) in [6, 6.07) is 0. The van der Waals surface area contributed by atoms with Crippen molar-refractivity contribution in [2.45, 2.75) is 39.0 Å². The number of aryl methyl sites for hydroxylation is 2. The SMILES string of the molecule is Cc1cn(C)c(=O)n(C(=O)C2CCCCC2)c1=O. The molecule has 1 aliphatic rings. The molecule has 0 radical (unpaired) electrons. The van der Waals surface area contributed by atoms with Crippen LogP contribution in [0.1, 0.15) is 42.5 Å². The van der Waals surface area contributed by atoms with Crippen LogP contribution >= 0.6 is 0 Å². The zero-order valence-electron chi connectivity index (χ0n) is 10.8. The molecule has 1 aliphatic carbocycles. The summed E-state index contributed by atoms with van der Waals surface area (Å²) in [5, 5.41) is 0. The van der Waals surface area contributed by atoms with E-state index in [0.717, 1.165) is 36.7 Å². The molecule has 2 rings (SSSR count). The van der Waals surface area contributed by atoms with Gasteiger partial charge in [-0.25, -0.2) is 4.79 Å². The summed E-state index contributed by atoms with van der Waals surface area (Å²) in [4.78, 5) is 36.2. The molecule has 1 fully saturated rings. The quantitative estimate of drug-likeness (QED) is 0.749. The number of hydrogen-bond donors (Lipinski definition) is 0. The van der Waals surface area contributed by atoms with E-state index in [1.165, 1.54) is 10.8 Å². The Bertz CT molecular complexity index is 543. The Labute approximate surface area is 105 Å². The largest absolute Gasteiger partial charge is 0.337 e. The van der Waals surface area contributed by atoms with Crippen LogP contribution in [0.2, 0.25) is 0 Å². The van der Waals surface area contributed by atoms with Gasteiger partial charge in [0.25, 0.3) is 5.56 Å². The number of carbonyl (C=O) groups is 1. The van der Waals surface area contributed by atoms with Crippen LogP contribution in [0, 0.1) is 12.8 Å². The highest BCUT2D eigenvalue weighted by Crippen LogP contribution is 2.24. The monoisotopic (exact) mass is 250 g/mol. The van der Waals surface area contributed by atoms with Gasteiger partial charge in [-0.3, -0.25) is 9.59 Å². The van der Waals surface area contributed by atoms with E-state index in [-0.39, 0.29) is 11.8 Å². The molecule has 0 aromatic carbocycles. The maximum Gasteiger partial charge on any atom is 0.337 e. The lowest BCUT2D eigenvalue weighted by atomic mass is 9.88. The Kier molecular flexibility index (Phi) is 3.50. The maximum absolute atomic E-state index is 12.3. The molecule has 1 aromatic rings. The van der Waals surface area contributed by atoms with Gasteiger partial charge >= 0.3 is 5.69 Å². The highest BCUT2D eigenvalue weighted by molar-refractivity contribution is 5.81. The fourth-order valence-corrected chi connectivity index (χ4v) is 2.55. The number of rotatable bonds is 1. The van der Waals surface area contributed by atoms with Gasteiger partial charge < -0.3 is 4.57 Å². The van der Waals surface area contributed by atoms with Crippen LogP contribution in [0.25, 0.3) is 0 Å². The van der Waals surface area contributed by atoms with E-state index in [2.05, 4.69) is 0 Å². The summed E-state index contributed by atoms with van der Waals surface area (Å²) in [7, 11) is 1.55. The second-order valence-corrected chi connectivity index (χ2v) is 5.02. The van der Waals surface area contributed by atoms with Crippen molar-refractivity contribution in [3.05, 3.63) is 32.6 Å². The molecule has 0 N–H and O–H groups in total. The molecular formula is C13H18N2O3. The van der Waals surface area contributed by atoms with Gasteiger partial charge in [-0.2, -0.15) is 4.57 Å². The molecule has 5 heteroatoms. The second kappa shape index (κ2) is 4.92. The van der Waals surface area contributed by atoms with Gasteiger partial charge in [0, 0.05) is 24.7 Å². The minimum Gasteiger partial charge on any atom is -0.303 e. The van der Waals surface area contributed by atoms with E-state index in [9.17, 15) is 14.4 Å². The molecule has 18 heavy (non-hydrogen) atoms. The summed E-state index contributed by atoms with van der Waals surface area (Å²) >= 11 is 0. The highest BCUT2D eigenvalue weighted by atomic mass is 16.2. The molecule has 5 nitrogen and oxygen atoms in total. The van der Waals surface area contributed by atoms with E-state index in [1.54, 1.807) is 14.0 Å². The zero-order valence-corrected chi connectivity index (χ0v) is 10.8. The molecule has 0 atom stereocenters. The van der Waals surface area contributed by atoms with Crippen LogP contribution in [0.15, 0.2) is 15.8 Å². The lowest BCUT2D eigenvalue weighted by Gasteiger charge is -2.20. The average molecular weight is 250 g/mol. The normalized spacial score (nSPS) is 16.8. The van der Waals surface area contributed by atoms with Crippen molar-refractivity contribution in [3.63, 3.8) is 0 Å². The van der Waals surface area contributed by atoms with E-state index in [0.29, 0.717) is 5.56 Å². The lowest BCUT2D eigenvalue weighted by Crippen LogP contribution is -2.46. The van der Waals surface area contributed by atoms with Crippen molar-refractivity contribution in [2.75, 3.05) is 0 Å². The van der Waals surface area contributed by atoms with Crippen LogP contribution in [-0.4, -0.2) is 15.0 Å². The van der Waals surface area contributed by atoms with Gasteiger partial charge in [0.15, 0.2) is 0 Å². The van der Waals surface area contributed by atoms with E-state index < -0.39 is 11.2 Å². The fourth-order valence-electron chi connectivity index (χ4n) is 2.55. The molecule has 1 aromatic heterocycles. The summed E-state index contributed by atoms with van der Waals surface area (Å²) in [6.07, 6.45) is 6.15. The van der Waals surface area contributed by atoms with Crippen LogP contribution < -0.4 is 11.2 Å². The Hall–Kier alpha value is -1.65. The molecule has 0 amide bonds. The summed E-state index contributed by atoms with van der Waals surface area (Å²) in [5.41, 5.74) is -0.601. The molecule has 98 valence electrons. The van der Waals surface area contributed by atoms with E-state index in [4.69, 9.17) is 0 Å². The van der Waals surface area contributed by atoms with Gasteiger partial charge in [0.1, 0.15) is 0 Å². The molecule has 0 bridgehead atoms. The summed E-state index contributed by atoms with van der Waals surface area (Å²) in [5.74, 6) is -0.505. The second-order valence-electron chi connectivity index (χ2n) is 5.02. The molecular weight excluding hydrogens is 232 g/mol. The van der Waals surface area contributed by atoms with Gasteiger partial charge in [-0.15, -0.1) is 0 Å². The van der Waals surface area contributed by atoms with Crippen molar-refractivity contribution < 1.29 is 4.79 Å². The zero-order chi connectivity index (χ0) is 13.3. The summed E-state index contributed by atoms with van der Waals surface area (Å²) < 4.78 is 2.10. The first-order chi connectivity index (χ1) is 8.52. The molecule has 0 saturated heterocycles. The maximum atomic E-state index is 12.3. The number of aromatic nitrogens is 2. The predicted octanol–water partition coefficient (Wildman–Crippen LogP) is 1.08. The van der Waals surface area contributed by atoms with Gasteiger partial charge in [-0.1, -0.05) is 19.3 Å². The third-order valence-electron chi connectivity index (χ3n) is 3.60. The average Bonchev–Trinajstić information content (AvgIpc) is 2.37. The first-order valence-electron chi connectivity index (χ1n) is 6.36. The number of carbonyl (C=O) groups excluding carboxylic acids is 1. The van der Waals surface area contributed by atoms with Crippen molar-refractivity contribution >= 4 is 5.91 Å². The predicted molar refractivity (Wildman–Crippen MR) is 67.9 cm³/mol. The topological polar surface area (TPSA) is 61.1 Å². The van der Waals surface area contributed by atoms with E-state index >= 15 is 0 Å². The van der Waals surface area contributed by atoms with Crippen LogP contribution in [0.5, 0.6) is 0 Å².